The van der Waals surface area contributed by atoms with E-state index in [0.717, 1.165) is 11.5 Å². The van der Waals surface area contributed by atoms with Gasteiger partial charge >= 0.3 is 16.5 Å². The van der Waals surface area contributed by atoms with Crippen LogP contribution in [0.25, 0.3) is 0 Å². The summed E-state index contributed by atoms with van der Waals surface area (Å²) < 4.78 is 0. The maximum Gasteiger partial charge on any atom is 2.00 e. The van der Waals surface area contributed by atoms with Crippen molar-refractivity contribution < 1.29 is 16.5 Å². The minimum absolute atomic E-state index is 0. The first-order chi connectivity index (χ1) is 8.83. The van der Waals surface area contributed by atoms with E-state index in [9.17, 15) is 0 Å². The number of rotatable bonds is 12. The molecule has 0 aromatic carbocycles. The summed E-state index contributed by atoms with van der Waals surface area (Å²) in [6.07, 6.45) is 16.3. The number of hydrogen-bond donors (Lipinski definition) is 0. The van der Waals surface area contributed by atoms with Gasteiger partial charge in [0.2, 0.25) is 0 Å². The van der Waals surface area contributed by atoms with Crippen molar-refractivity contribution >= 4 is 25.3 Å². The van der Waals surface area contributed by atoms with E-state index in [1.165, 1.54) is 77.0 Å². The molecule has 0 spiro atoms. The summed E-state index contributed by atoms with van der Waals surface area (Å²) >= 11 is 9.66. The van der Waals surface area contributed by atoms with E-state index in [4.69, 9.17) is 25.3 Å². The van der Waals surface area contributed by atoms with Crippen LogP contribution in [0.2, 0.25) is 0 Å². The van der Waals surface area contributed by atoms with Gasteiger partial charge in [0.05, 0.1) is 0 Å². The topological polar surface area (TPSA) is 0 Å². The molecule has 3 heteroatoms. The summed E-state index contributed by atoms with van der Waals surface area (Å²) in [5, 5.41) is 0. The first-order valence-corrected chi connectivity index (χ1v) is 9.15. The monoisotopic (exact) mass is 348 g/mol. The van der Waals surface area contributed by atoms with Crippen LogP contribution in [-0.2, 0) is 41.7 Å². The van der Waals surface area contributed by atoms with Crippen LogP contribution in [0.15, 0.2) is 0 Å². The minimum atomic E-state index is 0. The summed E-state index contributed by atoms with van der Waals surface area (Å²) in [5.74, 6) is 1.90. The summed E-state index contributed by atoms with van der Waals surface area (Å²) in [7, 11) is 0. The average Bonchev–Trinajstić information content (AvgIpc) is 2.39. The zero-order chi connectivity index (χ0) is 13.9. The molecule has 0 radical (unpaired) electrons. The third-order valence-corrected chi connectivity index (χ3v) is 3.57. The van der Waals surface area contributed by atoms with Gasteiger partial charge in [-0.25, -0.2) is 0 Å². The Morgan fingerprint density at radius 2 is 0.737 bits per heavy atom. The third-order valence-electron chi connectivity index (χ3n) is 3.00. The van der Waals surface area contributed by atoms with Crippen LogP contribution in [0, 0.1) is 0 Å². The van der Waals surface area contributed by atoms with Gasteiger partial charge < -0.3 is 25.3 Å². The Labute approximate surface area is 144 Å². The molecule has 0 heterocycles. The molecular weight excluding hydrogens is 315 g/mol. The molecule has 0 saturated carbocycles. The molecule has 0 aromatic heterocycles. The van der Waals surface area contributed by atoms with Crippen molar-refractivity contribution in [2.75, 3.05) is 11.5 Å². The van der Waals surface area contributed by atoms with Crippen LogP contribution >= 0.6 is 0 Å². The molecular formula is C16H34NiS2. The third kappa shape index (κ3) is 32.6. The number of hydrogen-bond acceptors (Lipinski definition) is 2. The van der Waals surface area contributed by atoms with Gasteiger partial charge in [-0.15, -0.1) is 0 Å². The quantitative estimate of drug-likeness (QED) is 0.249. The Balaban J connectivity index is -0.000000256. The van der Waals surface area contributed by atoms with Gasteiger partial charge in [-0.3, -0.25) is 0 Å². The summed E-state index contributed by atoms with van der Waals surface area (Å²) in [6, 6.07) is 0. The van der Waals surface area contributed by atoms with Crippen LogP contribution in [-0.4, -0.2) is 11.5 Å². The smallest absolute Gasteiger partial charge is 0.793 e. The van der Waals surface area contributed by atoms with Crippen LogP contribution in [0.3, 0.4) is 0 Å². The fraction of sp³-hybridized carbons (Fsp3) is 1.00. The average molecular weight is 349 g/mol. The van der Waals surface area contributed by atoms with Crippen molar-refractivity contribution in [3.05, 3.63) is 0 Å². The van der Waals surface area contributed by atoms with Gasteiger partial charge in [-0.1, -0.05) is 90.9 Å². The molecule has 0 unspecified atom stereocenters. The molecule has 0 saturated heterocycles. The zero-order valence-electron chi connectivity index (χ0n) is 13.0. The molecule has 0 atom stereocenters. The molecule has 0 amide bonds. The van der Waals surface area contributed by atoms with E-state index < -0.39 is 0 Å². The normalized spacial score (nSPS) is 9.47. The molecule has 0 aliphatic heterocycles. The molecule has 0 fully saturated rings. The van der Waals surface area contributed by atoms with E-state index in [2.05, 4.69) is 13.8 Å². The van der Waals surface area contributed by atoms with Gasteiger partial charge in [0.1, 0.15) is 0 Å². The van der Waals surface area contributed by atoms with Gasteiger partial charge in [-0.2, -0.15) is 11.5 Å². The molecule has 0 rings (SSSR count). The largest absolute Gasteiger partial charge is 2.00 e. The first-order valence-electron chi connectivity index (χ1n) is 7.99. The Bertz CT molecular complexity index is 95.3. The molecule has 0 bridgehead atoms. The Morgan fingerprint density at radius 3 is 1.00 bits per heavy atom. The van der Waals surface area contributed by atoms with E-state index in [-0.39, 0.29) is 16.5 Å². The fourth-order valence-electron chi connectivity index (χ4n) is 1.76. The van der Waals surface area contributed by atoms with Gasteiger partial charge in [0.25, 0.3) is 0 Å². The van der Waals surface area contributed by atoms with E-state index in [1.54, 1.807) is 0 Å². The SMILES string of the molecule is CCCCCCCC[S-].CCCCCCCC[S-].[Ni+2]. The van der Waals surface area contributed by atoms with Gasteiger partial charge in [-0.05, 0) is 0 Å². The Hall–Kier alpha value is 1.19. The molecule has 0 aliphatic carbocycles. The Kier molecular flexibility index (Phi) is 36.5. The predicted molar refractivity (Wildman–Crippen MR) is 91.2 cm³/mol. The molecule has 0 aliphatic rings. The van der Waals surface area contributed by atoms with Gasteiger partial charge in [0.15, 0.2) is 0 Å². The second kappa shape index (κ2) is 27.5. The van der Waals surface area contributed by atoms with Crippen molar-refractivity contribution in [2.24, 2.45) is 0 Å². The molecule has 0 nitrogen and oxygen atoms in total. The minimum Gasteiger partial charge on any atom is -0.793 e. The fourth-order valence-corrected chi connectivity index (χ4v) is 2.17. The van der Waals surface area contributed by atoms with E-state index in [1.807, 2.05) is 0 Å². The second-order valence-electron chi connectivity index (χ2n) is 4.94. The molecule has 0 aromatic rings. The van der Waals surface area contributed by atoms with Crippen molar-refractivity contribution in [1.29, 1.82) is 0 Å². The standard InChI is InChI=1S/2C8H18S.Ni/c2*1-2-3-4-5-6-7-8-9;/h2*9H,2-8H2,1H3;/q;;+2/p-2. The summed E-state index contributed by atoms with van der Waals surface area (Å²) in [4.78, 5) is 0. The molecule has 0 N–H and O–H groups in total. The van der Waals surface area contributed by atoms with Crippen molar-refractivity contribution in [3.8, 4) is 0 Å². The van der Waals surface area contributed by atoms with Crippen molar-refractivity contribution in [2.45, 2.75) is 90.9 Å². The van der Waals surface area contributed by atoms with Crippen LogP contribution in [0.1, 0.15) is 90.9 Å². The van der Waals surface area contributed by atoms with Crippen molar-refractivity contribution in [1.82, 2.24) is 0 Å². The van der Waals surface area contributed by atoms with Crippen LogP contribution in [0.5, 0.6) is 0 Å². The zero-order valence-corrected chi connectivity index (χ0v) is 15.7. The summed E-state index contributed by atoms with van der Waals surface area (Å²) in [6.45, 7) is 4.49. The first kappa shape index (κ1) is 25.2. The van der Waals surface area contributed by atoms with Gasteiger partial charge in [0, 0.05) is 0 Å². The van der Waals surface area contributed by atoms with Crippen molar-refractivity contribution in [3.63, 3.8) is 0 Å². The number of unbranched alkanes of at least 4 members (excludes halogenated alkanes) is 10. The molecule has 19 heavy (non-hydrogen) atoms. The predicted octanol–water partition coefficient (Wildman–Crippen LogP) is 5.79. The van der Waals surface area contributed by atoms with Crippen LogP contribution < -0.4 is 0 Å². The Morgan fingerprint density at radius 1 is 0.474 bits per heavy atom. The summed E-state index contributed by atoms with van der Waals surface area (Å²) in [5.41, 5.74) is 0. The van der Waals surface area contributed by atoms with E-state index in [0.29, 0.717) is 0 Å². The maximum absolute atomic E-state index is 4.83. The van der Waals surface area contributed by atoms with Crippen LogP contribution in [0.4, 0.5) is 0 Å². The molecule has 120 valence electrons. The van der Waals surface area contributed by atoms with E-state index >= 15 is 0 Å². The second-order valence-corrected chi connectivity index (χ2v) is 5.76. The maximum atomic E-state index is 4.83.